The van der Waals surface area contributed by atoms with Gasteiger partial charge in [0.15, 0.2) is 5.69 Å². The summed E-state index contributed by atoms with van der Waals surface area (Å²) in [6.07, 6.45) is -2.91. The van der Waals surface area contributed by atoms with Crippen molar-refractivity contribution in [3.63, 3.8) is 0 Å². The molecule has 0 radical (unpaired) electrons. The average molecular weight is 582 g/mol. The van der Waals surface area contributed by atoms with Crippen LogP contribution in [0, 0.1) is 22.7 Å². The molecule has 1 unspecified atom stereocenters. The summed E-state index contributed by atoms with van der Waals surface area (Å²) >= 11 is 6.28. The van der Waals surface area contributed by atoms with Crippen molar-refractivity contribution in [1.29, 1.82) is 0 Å². The van der Waals surface area contributed by atoms with Crippen LogP contribution in [0.25, 0.3) is 0 Å². The highest BCUT2D eigenvalue weighted by atomic mass is 35.5. The number of benzene rings is 1. The summed E-state index contributed by atoms with van der Waals surface area (Å²) in [5.74, 6) is -1.04. The van der Waals surface area contributed by atoms with Gasteiger partial charge in [0.25, 0.3) is 5.91 Å². The van der Waals surface area contributed by atoms with Crippen molar-refractivity contribution in [2.75, 3.05) is 6.54 Å². The predicted octanol–water partition coefficient (Wildman–Crippen LogP) is 6.37. The van der Waals surface area contributed by atoms with Crippen LogP contribution in [0.5, 0.6) is 0 Å². The molecule has 7 nitrogen and oxygen atoms in total. The van der Waals surface area contributed by atoms with Crippen molar-refractivity contribution in [2.24, 2.45) is 22.7 Å². The molecular formula is C29H35ClF3N3O4. The third-order valence-electron chi connectivity index (χ3n) is 9.89. The number of aliphatic hydroxyl groups excluding tert-OH is 1. The van der Waals surface area contributed by atoms with Gasteiger partial charge in [0.2, 0.25) is 0 Å². The SMILES string of the molecule is CC1(C)[C@@H]2C[C@@H](N(CC(O)c3ccccc3Cl)C(=O)c3cnn([C@H]4CC[C@](C)(C(=O)O)CC4)c3C(F)(F)F)C[C@@H]21. The van der Waals surface area contributed by atoms with Crippen molar-refractivity contribution < 1.29 is 33.0 Å². The lowest BCUT2D eigenvalue weighted by Gasteiger charge is -2.35. The highest BCUT2D eigenvalue weighted by Crippen LogP contribution is 2.67. The Hall–Kier alpha value is -2.59. The molecule has 1 amide bonds. The topological polar surface area (TPSA) is 95.7 Å². The molecule has 218 valence electrons. The summed E-state index contributed by atoms with van der Waals surface area (Å²) < 4.78 is 44.5. The van der Waals surface area contributed by atoms with Gasteiger partial charge in [0.1, 0.15) is 0 Å². The van der Waals surface area contributed by atoms with Gasteiger partial charge in [-0.3, -0.25) is 14.3 Å². The Bertz CT molecular complexity index is 1290. The minimum atomic E-state index is -4.86. The zero-order valence-corrected chi connectivity index (χ0v) is 23.5. The number of hydrogen-bond donors (Lipinski definition) is 2. The lowest BCUT2D eigenvalue weighted by atomic mass is 9.74. The van der Waals surface area contributed by atoms with Crippen LogP contribution < -0.4 is 0 Å². The number of aliphatic hydroxyl groups is 1. The van der Waals surface area contributed by atoms with Gasteiger partial charge in [-0.1, -0.05) is 43.6 Å². The maximum Gasteiger partial charge on any atom is 0.433 e. The van der Waals surface area contributed by atoms with Crippen LogP contribution in [-0.2, 0) is 11.0 Å². The molecule has 2 aromatic rings. The number of hydrogen-bond acceptors (Lipinski definition) is 4. The first kappa shape index (κ1) is 28.9. The summed E-state index contributed by atoms with van der Waals surface area (Å²) in [5.41, 5.74) is -2.13. The fraction of sp³-hybridized carbons (Fsp3) is 0.621. The second-order valence-corrected chi connectivity index (χ2v) is 13.0. The summed E-state index contributed by atoms with van der Waals surface area (Å²) in [4.78, 5) is 27.0. The Morgan fingerprint density at radius 2 is 1.75 bits per heavy atom. The van der Waals surface area contributed by atoms with E-state index in [2.05, 4.69) is 18.9 Å². The Kier molecular flexibility index (Phi) is 7.26. The lowest BCUT2D eigenvalue weighted by molar-refractivity contribution is -0.152. The van der Waals surface area contributed by atoms with Gasteiger partial charge < -0.3 is 15.1 Å². The van der Waals surface area contributed by atoms with E-state index in [1.165, 1.54) is 4.90 Å². The van der Waals surface area contributed by atoms with E-state index in [1.807, 2.05) is 0 Å². The number of carboxylic acids is 1. The van der Waals surface area contributed by atoms with Crippen LogP contribution in [0.1, 0.15) is 93.1 Å². The highest BCUT2D eigenvalue weighted by molar-refractivity contribution is 6.31. The van der Waals surface area contributed by atoms with E-state index in [0.717, 1.165) is 10.9 Å². The second kappa shape index (κ2) is 10.0. The molecule has 3 fully saturated rings. The van der Waals surface area contributed by atoms with Crippen molar-refractivity contribution >= 4 is 23.5 Å². The Labute approximate surface area is 236 Å². The maximum absolute atomic E-state index is 14.5. The monoisotopic (exact) mass is 581 g/mol. The molecule has 1 aromatic carbocycles. The standard InChI is InChI=1S/C29H35ClF3N3O4/c1-27(2)20-12-17(13-21(20)27)35(15-23(37)18-6-4-5-7-22(18)30)25(38)19-14-34-36(24(19)29(31,32)33)16-8-10-28(3,11-9-16)26(39)40/h4-7,14,16-17,20-21,23,37H,8-13,15H2,1-3H3,(H,39,40)/t16-,17-,20-,21+,23?,28-. The number of aromatic nitrogens is 2. The minimum absolute atomic E-state index is 0.139. The van der Waals surface area contributed by atoms with E-state index in [4.69, 9.17) is 11.6 Å². The number of nitrogens with zero attached hydrogens (tertiary/aromatic N) is 3. The number of carbonyl (C=O) groups excluding carboxylic acids is 1. The molecule has 0 bridgehead atoms. The van der Waals surface area contributed by atoms with Crippen LogP contribution in [-0.4, -0.2) is 49.4 Å². The summed E-state index contributed by atoms with van der Waals surface area (Å²) in [6.45, 7) is 5.73. The van der Waals surface area contributed by atoms with Gasteiger partial charge in [-0.05, 0) is 68.8 Å². The molecule has 0 aliphatic heterocycles. The molecule has 1 heterocycles. The van der Waals surface area contributed by atoms with Crippen LogP contribution in [0.15, 0.2) is 30.5 Å². The number of carboxylic acid groups (broad SMARTS) is 1. The smallest absolute Gasteiger partial charge is 0.433 e. The molecule has 1 aromatic heterocycles. The molecule has 3 aliphatic carbocycles. The van der Waals surface area contributed by atoms with Gasteiger partial charge in [-0.2, -0.15) is 18.3 Å². The first-order valence-electron chi connectivity index (χ1n) is 13.8. The zero-order chi connectivity index (χ0) is 29.2. The molecule has 40 heavy (non-hydrogen) atoms. The number of fused-ring (bicyclic) bond motifs is 1. The Morgan fingerprint density at radius 1 is 1.15 bits per heavy atom. The van der Waals surface area contributed by atoms with Crippen molar-refractivity contribution in [1.82, 2.24) is 14.7 Å². The molecule has 3 saturated carbocycles. The third kappa shape index (κ3) is 5.02. The largest absolute Gasteiger partial charge is 0.481 e. The maximum atomic E-state index is 14.5. The van der Waals surface area contributed by atoms with E-state index in [9.17, 15) is 33.0 Å². The number of carbonyl (C=O) groups is 2. The van der Waals surface area contributed by atoms with Crippen molar-refractivity contribution in [3.05, 3.63) is 52.3 Å². The summed E-state index contributed by atoms with van der Waals surface area (Å²) in [7, 11) is 0. The molecule has 0 spiro atoms. The fourth-order valence-electron chi connectivity index (χ4n) is 7.09. The van der Waals surface area contributed by atoms with Crippen LogP contribution in [0.4, 0.5) is 13.2 Å². The number of rotatable bonds is 7. The average Bonchev–Trinajstić information content (AvgIpc) is 3.31. The molecule has 0 saturated heterocycles. The first-order valence-corrected chi connectivity index (χ1v) is 14.1. The number of halogens is 4. The molecule has 11 heteroatoms. The van der Waals surface area contributed by atoms with Crippen molar-refractivity contribution in [3.8, 4) is 0 Å². The van der Waals surface area contributed by atoms with Gasteiger partial charge in [0.05, 0.1) is 35.9 Å². The van der Waals surface area contributed by atoms with Gasteiger partial charge in [-0.25, -0.2) is 0 Å². The zero-order valence-electron chi connectivity index (χ0n) is 22.8. The minimum Gasteiger partial charge on any atom is -0.481 e. The number of amides is 1. The molecule has 2 N–H and O–H groups in total. The first-order chi connectivity index (χ1) is 18.6. The lowest BCUT2D eigenvalue weighted by Crippen LogP contribution is -2.43. The quantitative estimate of drug-likeness (QED) is 0.396. The molecule has 3 aliphatic rings. The second-order valence-electron chi connectivity index (χ2n) is 12.6. The molecule has 5 rings (SSSR count). The van der Waals surface area contributed by atoms with E-state index < -0.39 is 46.9 Å². The normalized spacial score (nSPS) is 30.0. The van der Waals surface area contributed by atoms with Crippen LogP contribution >= 0.6 is 11.6 Å². The third-order valence-corrected chi connectivity index (χ3v) is 10.2. The number of alkyl halides is 3. The van der Waals surface area contributed by atoms with Gasteiger partial charge >= 0.3 is 12.1 Å². The Morgan fingerprint density at radius 3 is 2.30 bits per heavy atom. The van der Waals surface area contributed by atoms with E-state index in [1.54, 1.807) is 31.2 Å². The van der Waals surface area contributed by atoms with Crippen molar-refractivity contribution in [2.45, 2.75) is 83.7 Å². The van der Waals surface area contributed by atoms with E-state index in [-0.39, 0.29) is 43.7 Å². The number of aliphatic carboxylic acids is 1. The highest BCUT2D eigenvalue weighted by Gasteiger charge is 2.63. The van der Waals surface area contributed by atoms with Crippen LogP contribution in [0.2, 0.25) is 5.02 Å². The van der Waals surface area contributed by atoms with E-state index in [0.29, 0.717) is 35.3 Å². The van der Waals surface area contributed by atoms with Crippen LogP contribution in [0.3, 0.4) is 0 Å². The van der Waals surface area contributed by atoms with Gasteiger partial charge in [0, 0.05) is 16.6 Å². The molecular weight excluding hydrogens is 547 g/mol. The molecule has 4 atom stereocenters. The summed E-state index contributed by atoms with van der Waals surface area (Å²) in [6, 6.07) is 5.68. The Balaban J connectivity index is 1.46. The van der Waals surface area contributed by atoms with Gasteiger partial charge in [-0.15, -0.1) is 0 Å². The predicted molar refractivity (Wildman–Crippen MR) is 142 cm³/mol. The summed E-state index contributed by atoms with van der Waals surface area (Å²) in [5, 5.41) is 25.0. The fourth-order valence-corrected chi connectivity index (χ4v) is 7.35. The van der Waals surface area contributed by atoms with E-state index >= 15 is 0 Å².